The molecule has 94 valence electrons. The van der Waals surface area contributed by atoms with Gasteiger partial charge < -0.3 is 5.11 Å². The van der Waals surface area contributed by atoms with Crippen LogP contribution < -0.4 is 0 Å². The highest BCUT2D eigenvalue weighted by Gasteiger charge is 2.14. The zero-order chi connectivity index (χ0) is 13.4. The summed E-state index contributed by atoms with van der Waals surface area (Å²) >= 11 is 3.40. The van der Waals surface area contributed by atoms with Crippen molar-refractivity contribution in [3.63, 3.8) is 0 Å². The molecule has 0 radical (unpaired) electrons. The second-order valence-electron chi connectivity index (χ2n) is 3.95. The molecular weight excluding hydrogens is 310 g/mol. The van der Waals surface area contributed by atoms with E-state index in [0.29, 0.717) is 11.5 Å². The molecule has 0 saturated carbocycles. The number of benzene rings is 1. The number of carboxylic acids is 1. The molecule has 0 aliphatic rings. The Bertz CT molecular complexity index is 782. The zero-order valence-corrected chi connectivity index (χ0v) is 11.2. The van der Waals surface area contributed by atoms with Crippen LogP contribution in [0.4, 0.5) is 0 Å². The van der Waals surface area contributed by atoms with E-state index in [9.17, 15) is 4.79 Å². The average Bonchev–Trinajstić information content (AvgIpc) is 2.82. The monoisotopic (exact) mass is 317 g/mol. The fourth-order valence-electron chi connectivity index (χ4n) is 1.91. The minimum Gasteiger partial charge on any atom is -0.478 e. The molecule has 1 aromatic carbocycles. The van der Waals surface area contributed by atoms with E-state index in [1.54, 1.807) is 16.7 Å². The van der Waals surface area contributed by atoms with E-state index < -0.39 is 5.97 Å². The third kappa shape index (κ3) is 2.00. The lowest BCUT2D eigenvalue weighted by Gasteiger charge is -2.01. The number of nitrogens with zero attached hydrogens (tertiary/aromatic N) is 3. The lowest BCUT2D eigenvalue weighted by molar-refractivity contribution is 0.0698. The standard InChI is InChI=1S/C13H8BrN3O2/c14-9-4-1-3-8(7-9)11-15-16-12-10(13(18)19)5-2-6-17(11)12/h1-7H,(H,18,19). The van der Waals surface area contributed by atoms with Crippen molar-refractivity contribution in [2.75, 3.05) is 0 Å². The summed E-state index contributed by atoms with van der Waals surface area (Å²) in [6.07, 6.45) is 1.75. The summed E-state index contributed by atoms with van der Waals surface area (Å²) in [5.41, 5.74) is 1.34. The molecule has 1 N–H and O–H groups in total. The van der Waals surface area contributed by atoms with Gasteiger partial charge in [-0.3, -0.25) is 4.40 Å². The third-order valence-corrected chi connectivity index (χ3v) is 3.24. The Morgan fingerprint density at radius 3 is 2.79 bits per heavy atom. The first-order chi connectivity index (χ1) is 9.16. The summed E-state index contributed by atoms with van der Waals surface area (Å²) in [5, 5.41) is 17.2. The van der Waals surface area contributed by atoms with E-state index in [1.807, 2.05) is 24.3 Å². The largest absolute Gasteiger partial charge is 0.478 e. The van der Waals surface area contributed by atoms with Gasteiger partial charge in [0.2, 0.25) is 0 Å². The van der Waals surface area contributed by atoms with Crippen LogP contribution in [-0.4, -0.2) is 25.7 Å². The lowest BCUT2D eigenvalue weighted by atomic mass is 10.2. The number of hydrogen-bond acceptors (Lipinski definition) is 3. The first kappa shape index (κ1) is 11.9. The molecule has 2 heterocycles. The van der Waals surface area contributed by atoms with Gasteiger partial charge in [-0.25, -0.2) is 4.79 Å². The first-order valence-electron chi connectivity index (χ1n) is 5.50. The van der Waals surface area contributed by atoms with Gasteiger partial charge in [0, 0.05) is 16.2 Å². The molecule has 2 aromatic heterocycles. The zero-order valence-electron chi connectivity index (χ0n) is 9.62. The van der Waals surface area contributed by atoms with Crippen molar-refractivity contribution < 1.29 is 9.90 Å². The van der Waals surface area contributed by atoms with E-state index in [0.717, 1.165) is 10.0 Å². The van der Waals surface area contributed by atoms with E-state index in [4.69, 9.17) is 5.11 Å². The molecule has 0 bridgehead atoms. The Kier molecular flexibility index (Phi) is 2.79. The van der Waals surface area contributed by atoms with Crippen LogP contribution in [-0.2, 0) is 0 Å². The molecule has 19 heavy (non-hydrogen) atoms. The molecular formula is C13H8BrN3O2. The Hall–Kier alpha value is -2.21. The van der Waals surface area contributed by atoms with Gasteiger partial charge in [-0.05, 0) is 24.3 Å². The van der Waals surface area contributed by atoms with Gasteiger partial charge in [0.1, 0.15) is 5.56 Å². The minimum absolute atomic E-state index is 0.135. The molecule has 0 saturated heterocycles. The Morgan fingerprint density at radius 1 is 1.21 bits per heavy atom. The Morgan fingerprint density at radius 2 is 2.05 bits per heavy atom. The van der Waals surface area contributed by atoms with Crippen LogP contribution in [0.5, 0.6) is 0 Å². The van der Waals surface area contributed by atoms with Gasteiger partial charge >= 0.3 is 5.97 Å². The van der Waals surface area contributed by atoms with Crippen LogP contribution in [0.3, 0.4) is 0 Å². The summed E-state index contributed by atoms with van der Waals surface area (Å²) in [6.45, 7) is 0. The van der Waals surface area contributed by atoms with E-state index >= 15 is 0 Å². The second-order valence-corrected chi connectivity index (χ2v) is 4.87. The van der Waals surface area contributed by atoms with Gasteiger partial charge in [-0.2, -0.15) is 0 Å². The maximum Gasteiger partial charge on any atom is 0.339 e. The van der Waals surface area contributed by atoms with E-state index in [1.165, 1.54) is 6.07 Å². The summed E-state index contributed by atoms with van der Waals surface area (Å²) in [7, 11) is 0. The van der Waals surface area contributed by atoms with Crippen molar-refractivity contribution in [1.82, 2.24) is 14.6 Å². The predicted molar refractivity (Wildman–Crippen MR) is 73.1 cm³/mol. The van der Waals surface area contributed by atoms with E-state index in [2.05, 4.69) is 26.1 Å². The fraction of sp³-hybridized carbons (Fsp3) is 0. The van der Waals surface area contributed by atoms with Crippen molar-refractivity contribution in [1.29, 1.82) is 0 Å². The number of aromatic nitrogens is 3. The van der Waals surface area contributed by atoms with Crippen molar-refractivity contribution in [3.05, 3.63) is 52.6 Å². The number of carboxylic acid groups (broad SMARTS) is 1. The van der Waals surface area contributed by atoms with Gasteiger partial charge in [0.15, 0.2) is 11.5 Å². The van der Waals surface area contributed by atoms with Crippen LogP contribution in [0, 0.1) is 0 Å². The van der Waals surface area contributed by atoms with Crippen LogP contribution >= 0.6 is 15.9 Å². The number of hydrogen-bond donors (Lipinski definition) is 1. The number of fused-ring (bicyclic) bond motifs is 1. The molecule has 0 aliphatic carbocycles. The Labute approximate surface area is 116 Å². The van der Waals surface area contributed by atoms with Crippen LogP contribution in [0.1, 0.15) is 10.4 Å². The van der Waals surface area contributed by atoms with Gasteiger partial charge in [-0.15, -0.1) is 10.2 Å². The first-order valence-corrected chi connectivity index (χ1v) is 6.29. The maximum absolute atomic E-state index is 11.1. The van der Waals surface area contributed by atoms with Crippen LogP contribution in [0.15, 0.2) is 47.1 Å². The molecule has 3 rings (SSSR count). The highest BCUT2D eigenvalue weighted by atomic mass is 79.9. The van der Waals surface area contributed by atoms with E-state index in [-0.39, 0.29) is 5.56 Å². The lowest BCUT2D eigenvalue weighted by Crippen LogP contribution is -2.00. The minimum atomic E-state index is -1.02. The molecule has 0 amide bonds. The molecule has 0 aliphatic heterocycles. The normalized spacial score (nSPS) is 10.8. The summed E-state index contributed by atoms with van der Waals surface area (Å²) in [4.78, 5) is 11.1. The SMILES string of the molecule is O=C(O)c1cccn2c(-c3cccc(Br)c3)nnc12. The molecule has 3 aromatic rings. The molecule has 6 heteroatoms. The topological polar surface area (TPSA) is 67.5 Å². The molecule has 0 spiro atoms. The number of pyridine rings is 1. The summed E-state index contributed by atoms with van der Waals surface area (Å²) < 4.78 is 2.60. The molecule has 0 atom stereocenters. The fourth-order valence-corrected chi connectivity index (χ4v) is 2.31. The highest BCUT2D eigenvalue weighted by molar-refractivity contribution is 9.10. The number of carbonyl (C=O) groups is 1. The summed E-state index contributed by atoms with van der Waals surface area (Å²) in [5.74, 6) is -0.404. The highest BCUT2D eigenvalue weighted by Crippen LogP contribution is 2.23. The van der Waals surface area contributed by atoms with Crippen molar-refractivity contribution in [2.45, 2.75) is 0 Å². The Balaban J connectivity index is 2.27. The van der Waals surface area contributed by atoms with Crippen LogP contribution in [0.25, 0.3) is 17.0 Å². The predicted octanol–water partition coefficient (Wildman–Crippen LogP) is 2.86. The smallest absolute Gasteiger partial charge is 0.339 e. The van der Waals surface area contributed by atoms with Gasteiger partial charge in [-0.1, -0.05) is 28.1 Å². The van der Waals surface area contributed by atoms with Crippen molar-refractivity contribution in [3.8, 4) is 11.4 Å². The quantitative estimate of drug-likeness (QED) is 0.789. The number of halogens is 1. The van der Waals surface area contributed by atoms with Crippen molar-refractivity contribution >= 4 is 27.5 Å². The van der Waals surface area contributed by atoms with Crippen molar-refractivity contribution in [2.24, 2.45) is 0 Å². The molecule has 0 fully saturated rings. The average molecular weight is 318 g/mol. The summed E-state index contributed by atoms with van der Waals surface area (Å²) in [6, 6.07) is 10.8. The van der Waals surface area contributed by atoms with Gasteiger partial charge in [0.25, 0.3) is 0 Å². The number of aromatic carboxylic acids is 1. The molecule has 0 unspecified atom stereocenters. The number of rotatable bonds is 2. The maximum atomic E-state index is 11.1. The van der Waals surface area contributed by atoms with Crippen LogP contribution in [0.2, 0.25) is 0 Å². The third-order valence-electron chi connectivity index (χ3n) is 2.75. The van der Waals surface area contributed by atoms with Gasteiger partial charge in [0.05, 0.1) is 0 Å². The second kappa shape index (κ2) is 4.47. The molecule has 5 nitrogen and oxygen atoms in total.